The van der Waals surface area contributed by atoms with Gasteiger partial charge in [-0.25, -0.2) is 0 Å². The number of nitrogens with zero attached hydrogens (tertiary/aromatic N) is 1. The monoisotopic (exact) mass is 254 g/mol. The van der Waals surface area contributed by atoms with Crippen molar-refractivity contribution in [1.29, 1.82) is 5.26 Å². The summed E-state index contributed by atoms with van der Waals surface area (Å²) in [6.07, 6.45) is 2.40. The average molecular weight is 254 g/mol. The van der Waals surface area contributed by atoms with E-state index in [0.717, 1.165) is 12.8 Å². The predicted molar refractivity (Wildman–Crippen MR) is 71.9 cm³/mol. The number of carbonyl (C=O) groups is 1. The Hall–Kier alpha value is -1.08. The van der Waals surface area contributed by atoms with Crippen molar-refractivity contribution < 1.29 is 9.53 Å². The van der Waals surface area contributed by atoms with Crippen LogP contribution >= 0.6 is 0 Å². The summed E-state index contributed by atoms with van der Waals surface area (Å²) >= 11 is 0. The van der Waals surface area contributed by atoms with Gasteiger partial charge < -0.3 is 10.1 Å². The van der Waals surface area contributed by atoms with Crippen LogP contribution in [0.4, 0.5) is 0 Å². The fourth-order valence-electron chi connectivity index (χ4n) is 1.69. The summed E-state index contributed by atoms with van der Waals surface area (Å²) in [5, 5.41) is 11.8. The van der Waals surface area contributed by atoms with Gasteiger partial charge in [-0.15, -0.1) is 0 Å². The van der Waals surface area contributed by atoms with E-state index >= 15 is 0 Å². The van der Waals surface area contributed by atoms with E-state index in [1.54, 1.807) is 0 Å². The van der Waals surface area contributed by atoms with Crippen molar-refractivity contribution in [2.75, 3.05) is 6.54 Å². The van der Waals surface area contributed by atoms with Crippen LogP contribution in [0.1, 0.15) is 53.9 Å². The number of nitriles is 1. The predicted octanol–water partition coefficient (Wildman–Crippen LogP) is 2.64. The third-order valence-electron chi connectivity index (χ3n) is 2.48. The highest BCUT2D eigenvalue weighted by molar-refractivity contribution is 5.70. The second-order valence-corrected chi connectivity index (χ2v) is 5.70. The first-order valence-corrected chi connectivity index (χ1v) is 6.63. The van der Waals surface area contributed by atoms with Crippen molar-refractivity contribution in [2.45, 2.75) is 65.5 Å². The zero-order valence-electron chi connectivity index (χ0n) is 12.2. The van der Waals surface area contributed by atoms with Gasteiger partial charge in [-0.1, -0.05) is 13.3 Å². The highest BCUT2D eigenvalue weighted by atomic mass is 16.6. The van der Waals surface area contributed by atoms with E-state index in [9.17, 15) is 4.79 Å². The van der Waals surface area contributed by atoms with Crippen LogP contribution in [0.3, 0.4) is 0 Å². The first kappa shape index (κ1) is 16.9. The Morgan fingerprint density at radius 2 is 2.06 bits per heavy atom. The summed E-state index contributed by atoms with van der Waals surface area (Å²) < 4.78 is 5.32. The average Bonchev–Trinajstić information content (AvgIpc) is 2.23. The van der Waals surface area contributed by atoms with Crippen LogP contribution in [0.25, 0.3) is 0 Å². The van der Waals surface area contributed by atoms with Crippen molar-refractivity contribution in [3.8, 4) is 6.07 Å². The van der Waals surface area contributed by atoms with Gasteiger partial charge in [0.2, 0.25) is 0 Å². The number of esters is 1. The lowest BCUT2D eigenvalue weighted by molar-refractivity contribution is -0.156. The standard InChI is InChI=1S/C14H26N2O2/c1-6-7-12(10-16-11(2)9-15)8-13(17)18-14(3,4)5/h11-12,16H,6-8,10H2,1-5H3. The van der Waals surface area contributed by atoms with E-state index in [1.165, 1.54) is 0 Å². The number of carbonyl (C=O) groups excluding carboxylic acids is 1. The van der Waals surface area contributed by atoms with Crippen LogP contribution in [0.5, 0.6) is 0 Å². The smallest absolute Gasteiger partial charge is 0.306 e. The third kappa shape index (κ3) is 9.00. The lowest BCUT2D eigenvalue weighted by Crippen LogP contribution is -2.32. The van der Waals surface area contributed by atoms with E-state index in [4.69, 9.17) is 10.00 Å². The van der Waals surface area contributed by atoms with E-state index < -0.39 is 5.60 Å². The molecule has 0 fully saturated rings. The maximum atomic E-state index is 11.7. The van der Waals surface area contributed by atoms with Crippen molar-refractivity contribution in [3.05, 3.63) is 0 Å². The minimum atomic E-state index is -0.429. The second kappa shape index (κ2) is 8.10. The fraction of sp³-hybridized carbons (Fsp3) is 0.857. The Balaban J connectivity index is 4.19. The Kier molecular flexibility index (Phi) is 7.61. The summed E-state index contributed by atoms with van der Waals surface area (Å²) in [5.41, 5.74) is -0.429. The molecule has 0 bridgehead atoms. The fourth-order valence-corrected chi connectivity index (χ4v) is 1.69. The molecule has 0 saturated heterocycles. The molecule has 0 amide bonds. The van der Waals surface area contributed by atoms with E-state index in [0.29, 0.717) is 13.0 Å². The highest BCUT2D eigenvalue weighted by Crippen LogP contribution is 2.15. The molecule has 0 heterocycles. The lowest BCUT2D eigenvalue weighted by atomic mass is 9.99. The van der Waals surface area contributed by atoms with Gasteiger partial charge >= 0.3 is 5.97 Å². The van der Waals surface area contributed by atoms with E-state index in [1.807, 2.05) is 27.7 Å². The number of ether oxygens (including phenoxy) is 1. The Morgan fingerprint density at radius 3 is 2.50 bits per heavy atom. The van der Waals surface area contributed by atoms with Gasteiger partial charge in [0, 0.05) is 6.42 Å². The van der Waals surface area contributed by atoms with Gasteiger partial charge in [-0.05, 0) is 46.6 Å². The normalized spacial score (nSPS) is 14.7. The zero-order chi connectivity index (χ0) is 14.2. The first-order valence-electron chi connectivity index (χ1n) is 6.63. The molecule has 0 aliphatic carbocycles. The van der Waals surface area contributed by atoms with Gasteiger partial charge in [0.05, 0.1) is 12.1 Å². The second-order valence-electron chi connectivity index (χ2n) is 5.70. The van der Waals surface area contributed by atoms with E-state index in [2.05, 4.69) is 18.3 Å². The molecule has 0 aromatic rings. The van der Waals surface area contributed by atoms with Crippen LogP contribution in [0.15, 0.2) is 0 Å². The highest BCUT2D eigenvalue weighted by Gasteiger charge is 2.20. The largest absolute Gasteiger partial charge is 0.460 e. The molecule has 2 unspecified atom stereocenters. The van der Waals surface area contributed by atoms with Crippen LogP contribution in [-0.2, 0) is 9.53 Å². The van der Waals surface area contributed by atoms with Crippen LogP contribution in [-0.4, -0.2) is 24.2 Å². The maximum Gasteiger partial charge on any atom is 0.306 e. The van der Waals surface area contributed by atoms with Gasteiger partial charge in [0.15, 0.2) is 0 Å². The first-order chi connectivity index (χ1) is 8.28. The molecule has 0 aromatic carbocycles. The maximum absolute atomic E-state index is 11.7. The van der Waals surface area contributed by atoms with Crippen LogP contribution < -0.4 is 5.32 Å². The molecule has 0 radical (unpaired) electrons. The molecule has 4 nitrogen and oxygen atoms in total. The number of rotatable bonds is 7. The zero-order valence-corrected chi connectivity index (χ0v) is 12.2. The molecule has 4 heteroatoms. The Labute approximate surface area is 111 Å². The van der Waals surface area contributed by atoms with Crippen molar-refractivity contribution in [2.24, 2.45) is 5.92 Å². The van der Waals surface area contributed by atoms with Crippen LogP contribution in [0.2, 0.25) is 0 Å². The lowest BCUT2D eigenvalue weighted by Gasteiger charge is -2.22. The quantitative estimate of drug-likeness (QED) is 0.709. The minimum Gasteiger partial charge on any atom is -0.460 e. The molecular formula is C14H26N2O2. The number of hydrogen-bond acceptors (Lipinski definition) is 4. The minimum absolute atomic E-state index is 0.160. The van der Waals surface area contributed by atoms with Gasteiger partial charge in [0.25, 0.3) is 0 Å². The molecule has 0 rings (SSSR count). The van der Waals surface area contributed by atoms with Gasteiger partial charge in [-0.2, -0.15) is 5.26 Å². The Morgan fingerprint density at radius 1 is 1.44 bits per heavy atom. The van der Waals surface area contributed by atoms with Crippen molar-refractivity contribution in [3.63, 3.8) is 0 Å². The van der Waals surface area contributed by atoms with E-state index in [-0.39, 0.29) is 17.9 Å². The van der Waals surface area contributed by atoms with Crippen molar-refractivity contribution >= 4 is 5.97 Å². The molecule has 1 N–H and O–H groups in total. The SMILES string of the molecule is CCCC(CNC(C)C#N)CC(=O)OC(C)(C)C. The molecule has 0 aromatic heterocycles. The molecule has 0 spiro atoms. The third-order valence-corrected chi connectivity index (χ3v) is 2.48. The topological polar surface area (TPSA) is 62.1 Å². The molecular weight excluding hydrogens is 228 g/mol. The molecule has 0 aliphatic heterocycles. The van der Waals surface area contributed by atoms with Crippen molar-refractivity contribution in [1.82, 2.24) is 5.32 Å². The molecule has 18 heavy (non-hydrogen) atoms. The summed E-state index contributed by atoms with van der Waals surface area (Å²) in [4.78, 5) is 11.7. The summed E-state index contributed by atoms with van der Waals surface area (Å²) in [7, 11) is 0. The van der Waals surface area contributed by atoms with Crippen LogP contribution in [0, 0.1) is 17.2 Å². The van der Waals surface area contributed by atoms with Gasteiger partial charge in [0.1, 0.15) is 5.60 Å². The Bertz CT molecular complexity index is 289. The van der Waals surface area contributed by atoms with Gasteiger partial charge in [-0.3, -0.25) is 4.79 Å². The summed E-state index contributed by atoms with van der Waals surface area (Å²) in [6.45, 7) is 10.2. The number of nitrogens with one attached hydrogen (secondary N) is 1. The molecule has 0 aliphatic rings. The molecule has 2 atom stereocenters. The number of hydrogen-bond donors (Lipinski definition) is 1. The molecule has 0 saturated carbocycles. The summed E-state index contributed by atoms with van der Waals surface area (Å²) in [6, 6.07) is 1.95. The molecule has 104 valence electrons. The summed E-state index contributed by atoms with van der Waals surface area (Å²) in [5.74, 6) is 0.0769.